The molecule has 8 heteroatoms. The van der Waals surface area contributed by atoms with E-state index >= 15 is 0 Å². The number of carbonyl (C=O) groups excluding carboxylic acids is 2. The summed E-state index contributed by atoms with van der Waals surface area (Å²) >= 11 is 0. The van der Waals surface area contributed by atoms with Gasteiger partial charge in [-0.2, -0.15) is 0 Å². The Morgan fingerprint density at radius 1 is 0.892 bits per heavy atom. The summed E-state index contributed by atoms with van der Waals surface area (Å²) in [5.41, 5.74) is 8.48. The molecular formula is C29H35N3O5. The second-order valence-electron chi connectivity index (χ2n) is 9.49. The minimum Gasteiger partial charge on any atom is -0.493 e. The number of anilines is 1. The summed E-state index contributed by atoms with van der Waals surface area (Å²) in [7, 11) is 3.08. The Kier molecular flexibility index (Phi) is 9.51. The van der Waals surface area contributed by atoms with Crippen LogP contribution >= 0.6 is 0 Å². The summed E-state index contributed by atoms with van der Waals surface area (Å²) in [6.07, 6.45) is -0.552. The molecule has 0 heterocycles. The lowest BCUT2D eigenvalue weighted by Gasteiger charge is -2.32. The van der Waals surface area contributed by atoms with Crippen molar-refractivity contribution in [2.24, 2.45) is 11.1 Å². The molecule has 3 rings (SSSR count). The van der Waals surface area contributed by atoms with Crippen LogP contribution in [-0.2, 0) is 17.9 Å². The fourth-order valence-corrected chi connectivity index (χ4v) is 3.78. The van der Waals surface area contributed by atoms with Crippen LogP contribution in [-0.4, -0.2) is 44.2 Å². The first-order valence-electron chi connectivity index (χ1n) is 12.0. The van der Waals surface area contributed by atoms with E-state index < -0.39 is 6.09 Å². The van der Waals surface area contributed by atoms with Crippen LogP contribution in [0, 0.1) is 5.41 Å². The number of amides is 2. The number of hydrogen-bond donors (Lipinski definition) is 2. The van der Waals surface area contributed by atoms with Crippen molar-refractivity contribution in [3.8, 4) is 11.5 Å². The third-order valence-electron chi connectivity index (χ3n) is 5.85. The fourth-order valence-electron chi connectivity index (χ4n) is 3.78. The quantitative estimate of drug-likeness (QED) is 0.377. The second-order valence-corrected chi connectivity index (χ2v) is 9.49. The maximum atomic E-state index is 13.6. The Hall–Kier alpha value is -4.04. The molecule has 2 amide bonds. The van der Waals surface area contributed by atoms with Gasteiger partial charge in [0, 0.05) is 24.3 Å². The molecule has 0 fully saturated rings. The maximum absolute atomic E-state index is 13.6. The van der Waals surface area contributed by atoms with E-state index in [-0.39, 0.29) is 17.9 Å². The minimum atomic E-state index is -0.552. The zero-order valence-electron chi connectivity index (χ0n) is 21.8. The van der Waals surface area contributed by atoms with E-state index in [0.717, 1.165) is 11.1 Å². The summed E-state index contributed by atoms with van der Waals surface area (Å²) < 4.78 is 16.0. The number of methoxy groups -OCH3 is 2. The van der Waals surface area contributed by atoms with Crippen molar-refractivity contribution >= 4 is 17.7 Å². The average molecular weight is 506 g/mol. The highest BCUT2D eigenvalue weighted by molar-refractivity contribution is 5.95. The molecule has 0 spiro atoms. The van der Waals surface area contributed by atoms with Crippen LogP contribution in [0.5, 0.6) is 11.5 Å². The molecule has 8 nitrogen and oxygen atoms in total. The number of nitrogens with one attached hydrogen (secondary N) is 1. The van der Waals surface area contributed by atoms with E-state index in [2.05, 4.69) is 5.32 Å². The summed E-state index contributed by atoms with van der Waals surface area (Å²) in [5, 5.41) is 2.76. The molecule has 0 aliphatic heterocycles. The first-order chi connectivity index (χ1) is 17.7. The molecular weight excluding hydrogens is 470 g/mol. The van der Waals surface area contributed by atoms with Crippen LogP contribution in [0.25, 0.3) is 0 Å². The molecule has 196 valence electrons. The van der Waals surface area contributed by atoms with E-state index in [1.807, 2.05) is 62.4 Å². The molecule has 0 aliphatic rings. The first-order valence-corrected chi connectivity index (χ1v) is 12.0. The van der Waals surface area contributed by atoms with Gasteiger partial charge in [-0.1, -0.05) is 56.3 Å². The van der Waals surface area contributed by atoms with Crippen LogP contribution < -0.4 is 20.5 Å². The zero-order chi connectivity index (χ0) is 26.8. The molecule has 0 saturated carbocycles. The Bertz CT molecular complexity index is 1200. The van der Waals surface area contributed by atoms with Crippen LogP contribution in [0.4, 0.5) is 10.5 Å². The Labute approximate surface area is 218 Å². The van der Waals surface area contributed by atoms with E-state index in [0.29, 0.717) is 42.4 Å². The van der Waals surface area contributed by atoms with Gasteiger partial charge in [-0.3, -0.25) is 10.1 Å². The molecule has 37 heavy (non-hydrogen) atoms. The maximum Gasteiger partial charge on any atom is 0.411 e. The van der Waals surface area contributed by atoms with Gasteiger partial charge in [-0.25, -0.2) is 4.79 Å². The molecule has 0 atom stereocenters. The molecule has 0 unspecified atom stereocenters. The number of nitrogens with zero attached hydrogens (tertiary/aromatic N) is 1. The molecule has 3 aromatic rings. The number of ether oxygens (including phenoxy) is 3. The Morgan fingerprint density at radius 3 is 2.27 bits per heavy atom. The minimum absolute atomic E-state index is 0.164. The lowest BCUT2D eigenvalue weighted by Crippen LogP contribution is -2.41. The van der Waals surface area contributed by atoms with Crippen LogP contribution in [0.1, 0.15) is 35.3 Å². The van der Waals surface area contributed by atoms with Crippen LogP contribution in [0.2, 0.25) is 0 Å². The number of benzene rings is 3. The highest BCUT2D eigenvalue weighted by atomic mass is 16.5. The van der Waals surface area contributed by atoms with Crippen molar-refractivity contribution in [2.45, 2.75) is 27.0 Å². The smallest absolute Gasteiger partial charge is 0.411 e. The highest BCUT2D eigenvalue weighted by Gasteiger charge is 2.26. The van der Waals surface area contributed by atoms with Crippen LogP contribution in [0.3, 0.4) is 0 Å². The molecule has 3 aromatic carbocycles. The highest BCUT2D eigenvalue weighted by Crippen LogP contribution is 2.29. The molecule has 0 aliphatic carbocycles. The largest absolute Gasteiger partial charge is 0.493 e. The van der Waals surface area contributed by atoms with Gasteiger partial charge in [0.1, 0.15) is 6.61 Å². The number of carbonyl (C=O) groups is 2. The van der Waals surface area contributed by atoms with Gasteiger partial charge in [0.25, 0.3) is 5.91 Å². The van der Waals surface area contributed by atoms with Crippen molar-refractivity contribution < 1.29 is 23.8 Å². The van der Waals surface area contributed by atoms with Crippen molar-refractivity contribution in [3.05, 3.63) is 89.5 Å². The Morgan fingerprint density at radius 2 is 1.59 bits per heavy atom. The summed E-state index contributed by atoms with van der Waals surface area (Å²) in [4.78, 5) is 27.7. The lowest BCUT2D eigenvalue weighted by atomic mass is 9.92. The molecule has 0 aromatic heterocycles. The second kappa shape index (κ2) is 12.8. The molecule has 0 saturated heterocycles. The van der Waals surface area contributed by atoms with E-state index in [1.165, 1.54) is 7.11 Å². The number of rotatable bonds is 11. The third kappa shape index (κ3) is 7.98. The van der Waals surface area contributed by atoms with Crippen molar-refractivity contribution in [1.82, 2.24) is 4.90 Å². The zero-order valence-corrected chi connectivity index (χ0v) is 21.8. The lowest BCUT2D eigenvalue weighted by molar-refractivity contribution is 0.0673. The number of nitrogens with two attached hydrogens (primary N) is 1. The van der Waals surface area contributed by atoms with Gasteiger partial charge in [-0.15, -0.1) is 0 Å². The average Bonchev–Trinajstić information content (AvgIpc) is 2.91. The summed E-state index contributed by atoms with van der Waals surface area (Å²) in [6, 6.07) is 21.9. The first kappa shape index (κ1) is 27.5. The van der Waals surface area contributed by atoms with Crippen molar-refractivity contribution in [2.75, 3.05) is 32.6 Å². The fraction of sp³-hybridized carbons (Fsp3) is 0.310. The van der Waals surface area contributed by atoms with Gasteiger partial charge >= 0.3 is 6.09 Å². The molecule has 0 radical (unpaired) electrons. The van der Waals surface area contributed by atoms with Gasteiger partial charge in [0.05, 0.1) is 14.2 Å². The van der Waals surface area contributed by atoms with Gasteiger partial charge in [-0.05, 0) is 53.4 Å². The third-order valence-corrected chi connectivity index (χ3v) is 5.85. The molecule has 3 N–H and O–H groups in total. The Balaban J connectivity index is 1.76. The monoisotopic (exact) mass is 505 g/mol. The van der Waals surface area contributed by atoms with Gasteiger partial charge in [0.2, 0.25) is 0 Å². The normalized spacial score (nSPS) is 10.9. The van der Waals surface area contributed by atoms with Crippen molar-refractivity contribution in [1.29, 1.82) is 0 Å². The summed E-state index contributed by atoms with van der Waals surface area (Å²) in [6.45, 7) is 5.38. The SMILES string of the molecule is COc1ccc(C(=O)N(Cc2cccc(NC(=O)OCc3ccccc3)c2)CC(C)(C)CN)cc1OC. The van der Waals surface area contributed by atoms with E-state index in [4.69, 9.17) is 19.9 Å². The van der Waals surface area contributed by atoms with Crippen molar-refractivity contribution in [3.63, 3.8) is 0 Å². The summed E-state index contributed by atoms with van der Waals surface area (Å²) in [5.74, 6) is 0.862. The molecule has 0 bridgehead atoms. The topological polar surface area (TPSA) is 103 Å². The standard InChI is InChI=1S/C29H35N3O5/c1-29(2,19-30)20-32(27(33)23-13-14-25(35-3)26(16-23)36-4)17-22-11-8-12-24(15-22)31-28(34)37-18-21-9-6-5-7-10-21/h5-16H,17-20,30H2,1-4H3,(H,31,34). The van der Waals surface area contributed by atoms with Crippen LogP contribution in [0.15, 0.2) is 72.8 Å². The number of hydrogen-bond acceptors (Lipinski definition) is 6. The predicted molar refractivity (Wildman–Crippen MR) is 144 cm³/mol. The predicted octanol–water partition coefficient (Wildman–Crippen LogP) is 5.08. The van der Waals surface area contributed by atoms with E-state index in [1.54, 1.807) is 36.3 Å². The van der Waals surface area contributed by atoms with Gasteiger partial charge in [0.15, 0.2) is 11.5 Å². The van der Waals surface area contributed by atoms with E-state index in [9.17, 15) is 9.59 Å². The van der Waals surface area contributed by atoms with Gasteiger partial charge < -0.3 is 24.8 Å².